The zero-order valence-electron chi connectivity index (χ0n) is 7.62. The Morgan fingerprint density at radius 1 is 1.69 bits per heavy atom. The van der Waals surface area contributed by atoms with Gasteiger partial charge in [-0.05, 0) is 19.3 Å². The van der Waals surface area contributed by atoms with E-state index in [0.29, 0.717) is 11.6 Å². The topological polar surface area (TPSA) is 53.6 Å². The molecule has 1 aliphatic rings. The molecule has 1 saturated carbocycles. The number of nitriles is 1. The zero-order valence-corrected chi connectivity index (χ0v) is 7.62. The molecule has 0 aromatic carbocycles. The van der Waals surface area contributed by atoms with Crippen molar-refractivity contribution in [3.05, 3.63) is 11.8 Å². The lowest BCUT2D eigenvalue weighted by Crippen LogP contribution is -2.19. The van der Waals surface area contributed by atoms with Gasteiger partial charge in [0.25, 0.3) is 0 Å². The van der Waals surface area contributed by atoms with Crippen LogP contribution in [0.4, 0.5) is 5.82 Å². The van der Waals surface area contributed by atoms with Crippen LogP contribution in [-0.2, 0) is 0 Å². The third-order valence-corrected chi connectivity index (χ3v) is 2.57. The van der Waals surface area contributed by atoms with Crippen LogP contribution in [0.15, 0.2) is 6.20 Å². The van der Waals surface area contributed by atoms with Crippen molar-refractivity contribution in [3.8, 4) is 6.07 Å². The van der Waals surface area contributed by atoms with Gasteiger partial charge in [-0.25, -0.2) is 4.68 Å². The molecule has 0 bridgehead atoms. The van der Waals surface area contributed by atoms with Crippen LogP contribution in [0.1, 0.15) is 30.9 Å². The quantitative estimate of drug-likeness (QED) is 0.743. The van der Waals surface area contributed by atoms with E-state index >= 15 is 0 Å². The molecule has 0 saturated heterocycles. The van der Waals surface area contributed by atoms with Crippen molar-refractivity contribution in [1.82, 2.24) is 9.78 Å². The molecule has 0 amide bonds. The Labute approximate surface area is 77.2 Å². The van der Waals surface area contributed by atoms with E-state index in [1.807, 2.05) is 11.7 Å². The van der Waals surface area contributed by atoms with E-state index in [4.69, 9.17) is 5.26 Å². The SMILES string of the molecule is CNc1c(C#N)cnn1C1CCC1. The summed E-state index contributed by atoms with van der Waals surface area (Å²) in [5.41, 5.74) is 0.634. The minimum absolute atomic E-state index is 0.504. The lowest BCUT2D eigenvalue weighted by Gasteiger charge is -2.27. The molecule has 1 aromatic heterocycles. The molecule has 4 nitrogen and oxygen atoms in total. The summed E-state index contributed by atoms with van der Waals surface area (Å²) in [6.07, 6.45) is 5.27. The third kappa shape index (κ3) is 1.17. The van der Waals surface area contributed by atoms with E-state index in [0.717, 1.165) is 5.82 Å². The average Bonchev–Trinajstić information content (AvgIpc) is 2.44. The van der Waals surface area contributed by atoms with E-state index in [2.05, 4.69) is 16.5 Å². The Hall–Kier alpha value is -1.50. The predicted molar refractivity (Wildman–Crippen MR) is 49.4 cm³/mol. The smallest absolute Gasteiger partial charge is 0.142 e. The van der Waals surface area contributed by atoms with Gasteiger partial charge in [-0.3, -0.25) is 0 Å². The van der Waals surface area contributed by atoms with Gasteiger partial charge in [0.05, 0.1) is 12.2 Å². The number of hydrogen-bond acceptors (Lipinski definition) is 3. The number of nitrogens with zero attached hydrogens (tertiary/aromatic N) is 3. The van der Waals surface area contributed by atoms with Crippen LogP contribution in [0.3, 0.4) is 0 Å². The standard InChI is InChI=1S/C9H12N4/c1-11-9-7(5-10)6-12-13(9)8-3-2-4-8/h6,8,11H,2-4H2,1H3. The first-order valence-electron chi connectivity index (χ1n) is 4.52. The highest BCUT2D eigenvalue weighted by Crippen LogP contribution is 2.34. The van der Waals surface area contributed by atoms with Crippen molar-refractivity contribution in [3.63, 3.8) is 0 Å². The number of rotatable bonds is 2. The van der Waals surface area contributed by atoms with Gasteiger partial charge in [-0.1, -0.05) is 0 Å². The minimum atomic E-state index is 0.504. The maximum absolute atomic E-state index is 8.79. The molecule has 0 unspecified atom stereocenters. The van der Waals surface area contributed by atoms with E-state index in [1.165, 1.54) is 19.3 Å². The molecule has 0 aliphatic heterocycles. The third-order valence-electron chi connectivity index (χ3n) is 2.57. The minimum Gasteiger partial charge on any atom is -0.372 e. The number of anilines is 1. The molecule has 1 fully saturated rings. The van der Waals surface area contributed by atoms with Crippen molar-refractivity contribution in [2.75, 3.05) is 12.4 Å². The number of nitrogens with one attached hydrogen (secondary N) is 1. The molecule has 4 heteroatoms. The zero-order chi connectivity index (χ0) is 9.26. The van der Waals surface area contributed by atoms with E-state index in [9.17, 15) is 0 Å². The first kappa shape index (κ1) is 8.11. The fourth-order valence-electron chi connectivity index (χ4n) is 1.60. The van der Waals surface area contributed by atoms with Gasteiger partial charge in [0.15, 0.2) is 0 Å². The van der Waals surface area contributed by atoms with E-state index < -0.39 is 0 Å². The maximum Gasteiger partial charge on any atom is 0.142 e. The average molecular weight is 176 g/mol. The van der Waals surface area contributed by atoms with Crippen LogP contribution in [0.2, 0.25) is 0 Å². The van der Waals surface area contributed by atoms with Gasteiger partial charge in [-0.2, -0.15) is 10.4 Å². The van der Waals surface area contributed by atoms with Crippen LogP contribution in [0, 0.1) is 11.3 Å². The molecular weight excluding hydrogens is 164 g/mol. The van der Waals surface area contributed by atoms with Crippen LogP contribution < -0.4 is 5.32 Å². The summed E-state index contributed by atoms with van der Waals surface area (Å²) in [5, 5.41) is 16.0. The Balaban J connectivity index is 2.34. The summed E-state index contributed by atoms with van der Waals surface area (Å²) in [6, 6.07) is 2.63. The first-order valence-corrected chi connectivity index (χ1v) is 4.52. The normalized spacial score (nSPS) is 16.3. The predicted octanol–water partition coefficient (Wildman–Crippen LogP) is 1.52. The van der Waals surface area contributed by atoms with Crippen LogP contribution in [-0.4, -0.2) is 16.8 Å². The molecule has 2 rings (SSSR count). The van der Waals surface area contributed by atoms with Crippen molar-refractivity contribution < 1.29 is 0 Å². The van der Waals surface area contributed by atoms with Crippen LogP contribution in [0.5, 0.6) is 0 Å². The Morgan fingerprint density at radius 3 is 2.92 bits per heavy atom. The Bertz CT molecular complexity index is 343. The molecule has 1 aliphatic carbocycles. The lowest BCUT2D eigenvalue weighted by molar-refractivity contribution is 0.292. The molecule has 13 heavy (non-hydrogen) atoms. The van der Waals surface area contributed by atoms with Crippen molar-refractivity contribution in [2.24, 2.45) is 0 Å². The molecule has 1 aromatic rings. The molecule has 68 valence electrons. The van der Waals surface area contributed by atoms with Crippen LogP contribution >= 0.6 is 0 Å². The van der Waals surface area contributed by atoms with Gasteiger partial charge in [0.1, 0.15) is 17.5 Å². The fraction of sp³-hybridized carbons (Fsp3) is 0.556. The molecule has 0 radical (unpaired) electrons. The molecule has 1 N–H and O–H groups in total. The summed E-state index contributed by atoms with van der Waals surface area (Å²) in [4.78, 5) is 0. The highest BCUT2D eigenvalue weighted by Gasteiger charge is 2.23. The van der Waals surface area contributed by atoms with Gasteiger partial charge in [-0.15, -0.1) is 0 Å². The van der Waals surface area contributed by atoms with Gasteiger partial charge < -0.3 is 5.32 Å². The van der Waals surface area contributed by atoms with Gasteiger partial charge in [0.2, 0.25) is 0 Å². The second kappa shape index (κ2) is 3.09. The summed E-state index contributed by atoms with van der Waals surface area (Å²) in [6.45, 7) is 0. The second-order valence-corrected chi connectivity index (χ2v) is 3.30. The number of aromatic nitrogens is 2. The fourth-order valence-corrected chi connectivity index (χ4v) is 1.60. The molecule has 1 heterocycles. The second-order valence-electron chi connectivity index (χ2n) is 3.30. The van der Waals surface area contributed by atoms with Crippen LogP contribution in [0.25, 0.3) is 0 Å². The Kier molecular flexibility index (Phi) is 1.93. The largest absolute Gasteiger partial charge is 0.372 e. The highest BCUT2D eigenvalue weighted by molar-refractivity contribution is 5.51. The lowest BCUT2D eigenvalue weighted by atomic mass is 9.93. The van der Waals surface area contributed by atoms with Crippen molar-refractivity contribution in [2.45, 2.75) is 25.3 Å². The molecular formula is C9H12N4. The summed E-state index contributed by atoms with van der Waals surface area (Å²) in [7, 11) is 1.83. The number of hydrogen-bond donors (Lipinski definition) is 1. The van der Waals surface area contributed by atoms with Crippen molar-refractivity contribution >= 4 is 5.82 Å². The molecule has 0 atom stereocenters. The summed E-state index contributed by atoms with van der Waals surface area (Å²) >= 11 is 0. The molecule has 0 spiro atoms. The summed E-state index contributed by atoms with van der Waals surface area (Å²) < 4.78 is 1.93. The van der Waals surface area contributed by atoms with E-state index in [1.54, 1.807) is 6.20 Å². The van der Waals surface area contributed by atoms with Gasteiger partial charge in [0, 0.05) is 7.05 Å². The highest BCUT2D eigenvalue weighted by atomic mass is 15.3. The van der Waals surface area contributed by atoms with E-state index in [-0.39, 0.29) is 0 Å². The first-order chi connectivity index (χ1) is 6.36. The Morgan fingerprint density at radius 2 is 2.46 bits per heavy atom. The van der Waals surface area contributed by atoms with Gasteiger partial charge >= 0.3 is 0 Å². The monoisotopic (exact) mass is 176 g/mol. The summed E-state index contributed by atoms with van der Waals surface area (Å²) in [5.74, 6) is 0.854. The van der Waals surface area contributed by atoms with Crippen molar-refractivity contribution in [1.29, 1.82) is 5.26 Å². The maximum atomic E-state index is 8.79.